The summed E-state index contributed by atoms with van der Waals surface area (Å²) in [4.78, 5) is 10.8. The predicted molar refractivity (Wildman–Crippen MR) is 38.2 cm³/mol. The number of benzene rings is 1. The zero-order valence-electron chi connectivity index (χ0n) is 5.37. The van der Waals surface area contributed by atoms with Gasteiger partial charge in [0.05, 0.1) is 7.05 Å². The Bertz CT molecular complexity index is 218. The van der Waals surface area contributed by atoms with E-state index in [9.17, 15) is 4.79 Å². The highest BCUT2D eigenvalue weighted by atomic mass is 16.1. The van der Waals surface area contributed by atoms with Gasteiger partial charge in [0.1, 0.15) is 0 Å². The molecule has 1 aromatic carbocycles. The van der Waals surface area contributed by atoms with Crippen LogP contribution in [0.15, 0.2) is 30.3 Å². The SMILES string of the molecule is [CH]NC(=O)c1ccccc1. The van der Waals surface area contributed by atoms with E-state index in [0.29, 0.717) is 5.56 Å². The molecule has 0 aromatic heterocycles. The minimum Gasteiger partial charge on any atom is -0.345 e. The van der Waals surface area contributed by atoms with E-state index in [1.807, 2.05) is 11.4 Å². The molecule has 10 heavy (non-hydrogen) atoms. The summed E-state index contributed by atoms with van der Waals surface area (Å²) < 4.78 is 0. The van der Waals surface area contributed by atoms with Crippen molar-refractivity contribution in [3.8, 4) is 0 Å². The van der Waals surface area contributed by atoms with Crippen LogP contribution < -0.4 is 5.32 Å². The van der Waals surface area contributed by atoms with Gasteiger partial charge in [0.2, 0.25) is 0 Å². The maximum absolute atomic E-state index is 10.8. The summed E-state index contributed by atoms with van der Waals surface area (Å²) in [5, 5.41) is 2.04. The van der Waals surface area contributed by atoms with Crippen molar-refractivity contribution in [3.05, 3.63) is 42.9 Å². The van der Waals surface area contributed by atoms with Gasteiger partial charge in [-0.1, -0.05) is 18.2 Å². The average Bonchev–Trinajstić information content (AvgIpc) is 2.05. The van der Waals surface area contributed by atoms with Gasteiger partial charge in [0.15, 0.2) is 0 Å². The monoisotopic (exact) mass is 133 g/mol. The van der Waals surface area contributed by atoms with Gasteiger partial charge in [-0.25, -0.2) is 0 Å². The summed E-state index contributed by atoms with van der Waals surface area (Å²) in [7, 11) is 4.90. The molecule has 0 saturated heterocycles. The fraction of sp³-hybridized carbons (Fsp3) is 0. The third-order valence-electron chi connectivity index (χ3n) is 1.17. The van der Waals surface area contributed by atoms with Crippen molar-refractivity contribution >= 4 is 5.91 Å². The van der Waals surface area contributed by atoms with Crippen LogP contribution in [0.4, 0.5) is 0 Å². The molecular formula is C8H7NO. The highest BCUT2D eigenvalue weighted by molar-refractivity contribution is 5.94. The van der Waals surface area contributed by atoms with Gasteiger partial charge in [-0.2, -0.15) is 0 Å². The molecule has 2 radical (unpaired) electrons. The molecule has 2 heteroatoms. The van der Waals surface area contributed by atoms with E-state index >= 15 is 0 Å². The summed E-state index contributed by atoms with van der Waals surface area (Å²) in [5.41, 5.74) is 0.574. The maximum Gasteiger partial charge on any atom is 0.251 e. The first kappa shape index (κ1) is 6.81. The molecule has 1 aromatic rings. The number of amides is 1. The number of carbonyl (C=O) groups excluding carboxylic acids is 1. The second kappa shape index (κ2) is 3.01. The Hall–Kier alpha value is -1.31. The molecule has 0 spiro atoms. The predicted octanol–water partition coefficient (Wildman–Crippen LogP) is 1.08. The molecule has 0 unspecified atom stereocenters. The highest BCUT2D eigenvalue weighted by Gasteiger charge is 1.98. The Kier molecular flexibility index (Phi) is 2.05. The fourth-order valence-corrected chi connectivity index (χ4v) is 0.673. The lowest BCUT2D eigenvalue weighted by molar-refractivity contribution is 0.0969. The van der Waals surface area contributed by atoms with Crippen molar-refractivity contribution in [2.24, 2.45) is 0 Å². The molecular weight excluding hydrogens is 126 g/mol. The summed E-state index contributed by atoms with van der Waals surface area (Å²) in [5.74, 6) is -0.263. The zero-order chi connectivity index (χ0) is 7.40. The lowest BCUT2D eigenvalue weighted by atomic mass is 10.2. The number of rotatable bonds is 1. The van der Waals surface area contributed by atoms with Crippen molar-refractivity contribution in [1.82, 2.24) is 5.32 Å². The Morgan fingerprint density at radius 3 is 2.40 bits per heavy atom. The van der Waals surface area contributed by atoms with Gasteiger partial charge in [0, 0.05) is 5.56 Å². The first-order valence-corrected chi connectivity index (χ1v) is 2.90. The third-order valence-corrected chi connectivity index (χ3v) is 1.17. The molecule has 1 rings (SSSR count). The quantitative estimate of drug-likeness (QED) is 0.571. The fourth-order valence-electron chi connectivity index (χ4n) is 0.673. The van der Waals surface area contributed by atoms with Crippen LogP contribution in [0.2, 0.25) is 0 Å². The normalized spacial score (nSPS) is 8.90. The van der Waals surface area contributed by atoms with Gasteiger partial charge in [-0.05, 0) is 12.1 Å². The molecule has 0 aliphatic heterocycles. The van der Waals surface area contributed by atoms with E-state index in [1.54, 1.807) is 24.3 Å². The number of hydrogen-bond acceptors (Lipinski definition) is 1. The maximum atomic E-state index is 10.8. The van der Waals surface area contributed by atoms with E-state index in [4.69, 9.17) is 7.05 Å². The standard InChI is InChI=1S/C8H7NO/c1-9-8(10)7-5-3-2-4-6-7/h1-6H,(H,9,10). The van der Waals surface area contributed by atoms with Crippen LogP contribution in [0, 0.1) is 7.05 Å². The number of hydrogen-bond donors (Lipinski definition) is 1. The van der Waals surface area contributed by atoms with Crippen molar-refractivity contribution in [1.29, 1.82) is 0 Å². The van der Waals surface area contributed by atoms with E-state index in [1.165, 1.54) is 0 Å². The molecule has 0 heterocycles. The highest BCUT2D eigenvalue weighted by Crippen LogP contribution is 1.96. The average molecular weight is 133 g/mol. The summed E-state index contributed by atoms with van der Waals surface area (Å²) in [6.45, 7) is 0. The lowest BCUT2D eigenvalue weighted by Crippen LogP contribution is -2.14. The van der Waals surface area contributed by atoms with Crippen molar-refractivity contribution in [2.45, 2.75) is 0 Å². The van der Waals surface area contributed by atoms with Crippen LogP contribution in [-0.4, -0.2) is 5.91 Å². The topological polar surface area (TPSA) is 29.1 Å². The van der Waals surface area contributed by atoms with Crippen LogP contribution in [0.3, 0.4) is 0 Å². The Morgan fingerprint density at radius 1 is 1.30 bits per heavy atom. The molecule has 1 N–H and O–H groups in total. The van der Waals surface area contributed by atoms with Gasteiger partial charge in [0.25, 0.3) is 5.91 Å². The summed E-state index contributed by atoms with van der Waals surface area (Å²) in [6.07, 6.45) is 0. The molecule has 0 fully saturated rings. The van der Waals surface area contributed by atoms with Gasteiger partial charge in [-0.3, -0.25) is 4.79 Å². The van der Waals surface area contributed by atoms with E-state index in [2.05, 4.69) is 0 Å². The molecule has 2 nitrogen and oxygen atoms in total. The first-order valence-electron chi connectivity index (χ1n) is 2.90. The van der Waals surface area contributed by atoms with E-state index in [-0.39, 0.29) is 5.91 Å². The van der Waals surface area contributed by atoms with Crippen LogP contribution in [-0.2, 0) is 0 Å². The van der Waals surface area contributed by atoms with Crippen molar-refractivity contribution in [2.75, 3.05) is 0 Å². The number of carbonyl (C=O) groups is 1. The van der Waals surface area contributed by atoms with Crippen LogP contribution in [0.25, 0.3) is 0 Å². The lowest BCUT2D eigenvalue weighted by Gasteiger charge is -1.95. The first-order chi connectivity index (χ1) is 4.84. The minimum absolute atomic E-state index is 0.263. The van der Waals surface area contributed by atoms with Crippen LogP contribution in [0.1, 0.15) is 10.4 Å². The van der Waals surface area contributed by atoms with Gasteiger partial charge < -0.3 is 5.32 Å². The van der Waals surface area contributed by atoms with Crippen molar-refractivity contribution in [3.63, 3.8) is 0 Å². The zero-order valence-corrected chi connectivity index (χ0v) is 5.37. The van der Waals surface area contributed by atoms with Gasteiger partial charge >= 0.3 is 0 Å². The molecule has 0 saturated carbocycles. The second-order valence-electron chi connectivity index (χ2n) is 1.84. The van der Waals surface area contributed by atoms with Crippen molar-refractivity contribution < 1.29 is 4.79 Å². The Labute approximate surface area is 59.9 Å². The summed E-state index contributed by atoms with van der Waals surface area (Å²) >= 11 is 0. The smallest absolute Gasteiger partial charge is 0.251 e. The van der Waals surface area contributed by atoms with Gasteiger partial charge in [-0.15, -0.1) is 0 Å². The third kappa shape index (κ3) is 1.35. The molecule has 0 atom stereocenters. The van der Waals surface area contributed by atoms with E-state index < -0.39 is 0 Å². The van der Waals surface area contributed by atoms with Crippen LogP contribution in [0.5, 0.6) is 0 Å². The molecule has 50 valence electrons. The molecule has 0 bridgehead atoms. The second-order valence-corrected chi connectivity index (χ2v) is 1.84. The molecule has 1 amide bonds. The Morgan fingerprint density at radius 2 is 1.90 bits per heavy atom. The van der Waals surface area contributed by atoms with Crippen LogP contribution >= 0.6 is 0 Å². The van der Waals surface area contributed by atoms with E-state index in [0.717, 1.165) is 0 Å². The largest absolute Gasteiger partial charge is 0.345 e. The molecule has 0 aliphatic rings. The summed E-state index contributed by atoms with van der Waals surface area (Å²) in [6, 6.07) is 8.80. The minimum atomic E-state index is -0.263. The number of nitrogens with one attached hydrogen (secondary N) is 1. The Balaban J connectivity index is 2.85. The molecule has 0 aliphatic carbocycles.